The molecule has 0 spiro atoms. The maximum atomic E-state index is 5.80. The van der Waals surface area contributed by atoms with Crippen molar-refractivity contribution in [3.05, 3.63) is 17.3 Å². The molecule has 0 aromatic carbocycles. The van der Waals surface area contributed by atoms with Crippen LogP contribution >= 0.6 is 11.6 Å². The average Bonchev–Trinajstić information content (AvgIpc) is 2.31. The summed E-state index contributed by atoms with van der Waals surface area (Å²) in [5.41, 5.74) is 6.27. The zero-order valence-electron chi connectivity index (χ0n) is 10.6. The molecule has 1 heterocycles. The van der Waals surface area contributed by atoms with Crippen molar-refractivity contribution >= 4 is 23.1 Å². The number of aromatic nitrogens is 1. The number of ether oxygens (including phenoxy) is 2. The Morgan fingerprint density at radius 3 is 2.83 bits per heavy atom. The highest BCUT2D eigenvalue weighted by atomic mass is 35.5. The van der Waals surface area contributed by atoms with Gasteiger partial charge in [-0.3, -0.25) is 0 Å². The normalized spacial score (nSPS) is 10.6. The van der Waals surface area contributed by atoms with Crippen LogP contribution in [0.5, 0.6) is 0 Å². The molecule has 0 saturated carbocycles. The van der Waals surface area contributed by atoms with Crippen LogP contribution in [0.2, 0.25) is 5.15 Å². The number of nitrogen functional groups attached to an aromatic ring is 1. The molecule has 5 nitrogen and oxygen atoms in total. The third-order valence-electron chi connectivity index (χ3n) is 2.27. The molecule has 102 valence electrons. The maximum Gasteiger partial charge on any atom is 0.133 e. The van der Waals surface area contributed by atoms with E-state index in [2.05, 4.69) is 10.3 Å². The fourth-order valence-corrected chi connectivity index (χ4v) is 1.61. The van der Waals surface area contributed by atoms with Crippen molar-refractivity contribution in [2.24, 2.45) is 0 Å². The number of nitrogens with two attached hydrogens (primary N) is 1. The Hall–Kier alpha value is -1.04. The molecule has 18 heavy (non-hydrogen) atoms. The Kier molecular flexibility index (Phi) is 7.48. The molecule has 0 aliphatic carbocycles. The molecule has 1 rings (SSSR count). The maximum absolute atomic E-state index is 5.80. The second-order valence-electron chi connectivity index (χ2n) is 3.85. The molecule has 6 heteroatoms. The minimum absolute atomic E-state index is 0.403. The van der Waals surface area contributed by atoms with Gasteiger partial charge in [-0.25, -0.2) is 4.98 Å². The van der Waals surface area contributed by atoms with Gasteiger partial charge in [0.15, 0.2) is 0 Å². The highest BCUT2D eigenvalue weighted by Gasteiger charge is 1.98. The molecule has 0 saturated heterocycles. The van der Waals surface area contributed by atoms with E-state index in [-0.39, 0.29) is 0 Å². The van der Waals surface area contributed by atoms with Crippen LogP contribution in [0.3, 0.4) is 0 Å². The quantitative estimate of drug-likeness (QED) is 0.533. The van der Waals surface area contributed by atoms with Gasteiger partial charge in [-0.1, -0.05) is 11.6 Å². The van der Waals surface area contributed by atoms with Crippen molar-refractivity contribution in [1.29, 1.82) is 0 Å². The van der Waals surface area contributed by atoms with E-state index in [0.717, 1.165) is 26.0 Å². The summed E-state index contributed by atoms with van der Waals surface area (Å²) in [5.74, 6) is 0.709. The Bertz CT molecular complexity index is 330. The summed E-state index contributed by atoms with van der Waals surface area (Å²) >= 11 is 5.80. The van der Waals surface area contributed by atoms with Gasteiger partial charge in [-0.05, 0) is 18.9 Å². The van der Waals surface area contributed by atoms with E-state index in [1.807, 2.05) is 0 Å². The van der Waals surface area contributed by atoms with E-state index in [0.29, 0.717) is 29.9 Å². The minimum atomic E-state index is 0.403. The molecular weight excluding hydrogens is 254 g/mol. The highest BCUT2D eigenvalue weighted by Crippen LogP contribution is 2.15. The lowest BCUT2D eigenvalue weighted by Gasteiger charge is -2.07. The smallest absolute Gasteiger partial charge is 0.133 e. The Morgan fingerprint density at radius 1 is 1.28 bits per heavy atom. The van der Waals surface area contributed by atoms with Gasteiger partial charge < -0.3 is 20.5 Å². The van der Waals surface area contributed by atoms with Crippen molar-refractivity contribution in [3.63, 3.8) is 0 Å². The first-order valence-electron chi connectivity index (χ1n) is 5.96. The second kappa shape index (κ2) is 8.97. The summed E-state index contributed by atoms with van der Waals surface area (Å²) in [5, 5.41) is 3.58. The molecule has 0 aliphatic heterocycles. The lowest BCUT2D eigenvalue weighted by molar-refractivity contribution is 0.0691. The molecule has 0 aliphatic rings. The lowest BCUT2D eigenvalue weighted by Crippen LogP contribution is -2.07. The minimum Gasteiger partial charge on any atom is -0.399 e. The van der Waals surface area contributed by atoms with Gasteiger partial charge in [0.25, 0.3) is 0 Å². The average molecular weight is 274 g/mol. The third-order valence-corrected chi connectivity index (χ3v) is 2.46. The SMILES string of the molecule is COCCOCCCCNc1cc(N)cc(Cl)n1. The monoisotopic (exact) mass is 273 g/mol. The van der Waals surface area contributed by atoms with E-state index in [4.69, 9.17) is 26.8 Å². The topological polar surface area (TPSA) is 69.4 Å². The molecule has 0 unspecified atom stereocenters. The van der Waals surface area contributed by atoms with Crippen LogP contribution in [-0.2, 0) is 9.47 Å². The van der Waals surface area contributed by atoms with E-state index in [1.54, 1.807) is 19.2 Å². The summed E-state index contributed by atoms with van der Waals surface area (Å²) in [6.45, 7) is 2.86. The van der Waals surface area contributed by atoms with Crippen LogP contribution in [0.25, 0.3) is 0 Å². The van der Waals surface area contributed by atoms with Crippen molar-refractivity contribution < 1.29 is 9.47 Å². The van der Waals surface area contributed by atoms with Crippen LogP contribution in [0.4, 0.5) is 11.5 Å². The number of nitrogens with zero attached hydrogens (tertiary/aromatic N) is 1. The number of methoxy groups -OCH3 is 1. The van der Waals surface area contributed by atoms with Gasteiger partial charge in [0.05, 0.1) is 13.2 Å². The number of hydrogen-bond donors (Lipinski definition) is 2. The molecule has 0 radical (unpaired) electrons. The van der Waals surface area contributed by atoms with E-state index in [1.165, 1.54) is 0 Å². The highest BCUT2D eigenvalue weighted by molar-refractivity contribution is 6.29. The number of anilines is 2. The number of pyridine rings is 1. The zero-order chi connectivity index (χ0) is 13.2. The number of nitrogens with one attached hydrogen (secondary N) is 1. The number of rotatable bonds is 9. The Morgan fingerprint density at radius 2 is 2.11 bits per heavy atom. The molecule has 0 fully saturated rings. The van der Waals surface area contributed by atoms with E-state index in [9.17, 15) is 0 Å². The largest absolute Gasteiger partial charge is 0.399 e. The Labute approximate surface area is 113 Å². The fourth-order valence-electron chi connectivity index (χ4n) is 1.40. The van der Waals surface area contributed by atoms with Crippen molar-refractivity contribution in [2.75, 3.05) is 44.5 Å². The number of hydrogen-bond acceptors (Lipinski definition) is 5. The molecule has 0 atom stereocenters. The standard InChI is InChI=1S/C12H20ClN3O2/c1-17-6-7-18-5-3-2-4-15-12-9-10(14)8-11(13)16-12/h8-9H,2-7H2,1H3,(H3,14,15,16). The van der Waals surface area contributed by atoms with Gasteiger partial charge in [-0.2, -0.15) is 0 Å². The first kappa shape index (κ1) is 15.0. The predicted molar refractivity (Wildman–Crippen MR) is 74.1 cm³/mol. The van der Waals surface area contributed by atoms with Gasteiger partial charge in [0.1, 0.15) is 11.0 Å². The third kappa shape index (κ3) is 6.64. The molecule has 0 bridgehead atoms. The second-order valence-corrected chi connectivity index (χ2v) is 4.23. The predicted octanol–water partition coefficient (Wildman–Crippen LogP) is 2.17. The zero-order valence-corrected chi connectivity index (χ0v) is 11.4. The van der Waals surface area contributed by atoms with Gasteiger partial charge in [0.2, 0.25) is 0 Å². The van der Waals surface area contributed by atoms with Crippen LogP contribution in [0.15, 0.2) is 12.1 Å². The van der Waals surface area contributed by atoms with E-state index < -0.39 is 0 Å². The summed E-state index contributed by atoms with van der Waals surface area (Å²) in [7, 11) is 1.66. The van der Waals surface area contributed by atoms with Crippen LogP contribution in [-0.4, -0.2) is 38.5 Å². The van der Waals surface area contributed by atoms with Crippen molar-refractivity contribution in [2.45, 2.75) is 12.8 Å². The number of unbranched alkanes of at least 4 members (excludes halogenated alkanes) is 1. The molecule has 3 N–H and O–H groups in total. The molecule has 1 aromatic heterocycles. The first-order chi connectivity index (χ1) is 8.72. The van der Waals surface area contributed by atoms with Crippen molar-refractivity contribution in [3.8, 4) is 0 Å². The number of halogens is 1. The summed E-state index contributed by atoms with van der Waals surface area (Å²) in [6.07, 6.45) is 1.99. The van der Waals surface area contributed by atoms with Crippen LogP contribution in [0.1, 0.15) is 12.8 Å². The molecular formula is C12H20ClN3O2. The fraction of sp³-hybridized carbons (Fsp3) is 0.583. The summed E-state index contributed by atoms with van der Waals surface area (Å²) < 4.78 is 10.2. The van der Waals surface area contributed by atoms with Crippen LogP contribution in [0, 0.1) is 0 Å². The molecule has 0 amide bonds. The first-order valence-corrected chi connectivity index (χ1v) is 6.34. The van der Waals surface area contributed by atoms with Gasteiger partial charge >= 0.3 is 0 Å². The lowest BCUT2D eigenvalue weighted by atomic mass is 10.3. The van der Waals surface area contributed by atoms with Crippen molar-refractivity contribution in [1.82, 2.24) is 4.98 Å². The Balaban J connectivity index is 2.07. The van der Waals surface area contributed by atoms with Crippen LogP contribution < -0.4 is 11.1 Å². The van der Waals surface area contributed by atoms with E-state index >= 15 is 0 Å². The summed E-state index contributed by atoms with van der Waals surface area (Å²) in [4.78, 5) is 4.12. The van der Waals surface area contributed by atoms with Gasteiger partial charge in [0, 0.05) is 32.0 Å². The molecule has 1 aromatic rings. The van der Waals surface area contributed by atoms with Gasteiger partial charge in [-0.15, -0.1) is 0 Å². The summed E-state index contributed by atoms with van der Waals surface area (Å²) in [6, 6.07) is 3.39.